The van der Waals surface area contributed by atoms with E-state index in [2.05, 4.69) is 15.4 Å². The van der Waals surface area contributed by atoms with Gasteiger partial charge in [-0.3, -0.25) is 4.79 Å². The number of nitrogens with zero attached hydrogens (tertiary/aromatic N) is 3. The molecule has 128 valence electrons. The van der Waals surface area contributed by atoms with Crippen molar-refractivity contribution >= 4 is 46.4 Å². The fourth-order valence-corrected chi connectivity index (χ4v) is 2.70. The van der Waals surface area contributed by atoms with Gasteiger partial charge in [0.1, 0.15) is 18.4 Å². The quantitative estimate of drug-likeness (QED) is 0.699. The fourth-order valence-electron chi connectivity index (χ4n) is 2.06. The molecule has 6 nitrogen and oxygen atoms in total. The first-order chi connectivity index (χ1) is 12.0. The van der Waals surface area contributed by atoms with Crippen LogP contribution in [0.2, 0.25) is 15.1 Å². The number of ether oxygens (including phenoxy) is 1. The molecule has 0 radical (unpaired) electrons. The zero-order valence-electron chi connectivity index (χ0n) is 12.6. The molecule has 0 spiro atoms. The molecular formula is C16H11Cl3N4O2. The number of nitrogens with one attached hydrogen (secondary N) is 1. The molecule has 0 aliphatic rings. The molecule has 0 fully saturated rings. The van der Waals surface area contributed by atoms with Crippen LogP contribution in [-0.2, 0) is 4.79 Å². The van der Waals surface area contributed by atoms with E-state index in [0.717, 1.165) is 0 Å². The number of carbonyl (C=O) groups excluding carboxylic acids is 1. The highest BCUT2D eigenvalue weighted by molar-refractivity contribution is 6.35. The molecule has 0 saturated carbocycles. The Morgan fingerprint density at radius 3 is 2.60 bits per heavy atom. The van der Waals surface area contributed by atoms with E-state index in [1.54, 1.807) is 30.3 Å². The molecule has 0 aliphatic carbocycles. The van der Waals surface area contributed by atoms with Gasteiger partial charge in [0.2, 0.25) is 0 Å². The lowest BCUT2D eigenvalue weighted by atomic mass is 10.2. The van der Waals surface area contributed by atoms with Crippen LogP contribution < -0.4 is 10.1 Å². The summed E-state index contributed by atoms with van der Waals surface area (Å²) >= 11 is 17.8. The molecule has 2 aromatic carbocycles. The van der Waals surface area contributed by atoms with Crippen LogP contribution in [0.3, 0.4) is 0 Å². The summed E-state index contributed by atoms with van der Waals surface area (Å²) in [6.45, 7) is -0.231. The summed E-state index contributed by atoms with van der Waals surface area (Å²) in [4.78, 5) is 16.1. The Bertz CT molecular complexity index is 900. The van der Waals surface area contributed by atoms with Crippen molar-refractivity contribution in [2.24, 2.45) is 0 Å². The van der Waals surface area contributed by atoms with Crippen molar-refractivity contribution in [3.8, 4) is 11.4 Å². The van der Waals surface area contributed by atoms with E-state index in [4.69, 9.17) is 39.5 Å². The molecule has 0 unspecified atom stereocenters. The average molecular weight is 398 g/mol. The minimum atomic E-state index is -0.380. The summed E-state index contributed by atoms with van der Waals surface area (Å²) in [7, 11) is 0. The normalized spacial score (nSPS) is 10.5. The van der Waals surface area contributed by atoms with Gasteiger partial charge in [0.15, 0.2) is 6.61 Å². The highest BCUT2D eigenvalue weighted by atomic mass is 35.5. The van der Waals surface area contributed by atoms with Crippen LogP contribution in [0.4, 0.5) is 5.69 Å². The summed E-state index contributed by atoms with van der Waals surface area (Å²) in [6.07, 6.45) is 2.91. The molecule has 0 atom stereocenters. The number of benzene rings is 2. The second kappa shape index (κ2) is 7.74. The van der Waals surface area contributed by atoms with Gasteiger partial charge < -0.3 is 10.1 Å². The number of hydrogen-bond acceptors (Lipinski definition) is 4. The van der Waals surface area contributed by atoms with Gasteiger partial charge in [-0.2, -0.15) is 5.10 Å². The SMILES string of the molecule is O=C(COc1ccc(Cl)cc1Cl)Nc1cc(Cl)ccc1-n1cncn1. The van der Waals surface area contributed by atoms with Crippen molar-refractivity contribution in [3.63, 3.8) is 0 Å². The van der Waals surface area contributed by atoms with E-state index in [1.807, 2.05) is 0 Å². The zero-order valence-corrected chi connectivity index (χ0v) is 14.9. The molecule has 0 aliphatic heterocycles. The van der Waals surface area contributed by atoms with Crippen molar-refractivity contribution in [1.29, 1.82) is 0 Å². The van der Waals surface area contributed by atoms with E-state index < -0.39 is 0 Å². The number of carbonyl (C=O) groups is 1. The third-order valence-corrected chi connectivity index (χ3v) is 3.92. The molecule has 25 heavy (non-hydrogen) atoms. The molecule has 0 bridgehead atoms. The number of anilines is 1. The Morgan fingerprint density at radius 1 is 1.12 bits per heavy atom. The Morgan fingerprint density at radius 2 is 1.88 bits per heavy atom. The molecule has 1 aromatic heterocycles. The summed E-state index contributed by atoms with van der Waals surface area (Å²) in [6, 6.07) is 9.79. The number of rotatable bonds is 5. The van der Waals surface area contributed by atoms with E-state index in [-0.39, 0.29) is 12.5 Å². The summed E-state index contributed by atoms with van der Waals surface area (Å²) in [5.74, 6) is -0.0153. The zero-order chi connectivity index (χ0) is 17.8. The third-order valence-electron chi connectivity index (χ3n) is 3.15. The standard InChI is InChI=1S/C16H11Cl3N4O2/c17-10-2-4-15(12(19)5-10)25-7-16(24)22-13-6-11(18)1-3-14(13)23-9-20-8-21-23/h1-6,8-9H,7H2,(H,22,24). The first kappa shape index (κ1) is 17.5. The number of amides is 1. The Kier molecular flexibility index (Phi) is 5.43. The summed E-state index contributed by atoms with van der Waals surface area (Å²) in [5.41, 5.74) is 1.11. The van der Waals surface area contributed by atoms with Crippen LogP contribution in [0.5, 0.6) is 5.75 Å². The van der Waals surface area contributed by atoms with Crippen molar-refractivity contribution < 1.29 is 9.53 Å². The van der Waals surface area contributed by atoms with Gasteiger partial charge in [-0.1, -0.05) is 34.8 Å². The van der Waals surface area contributed by atoms with E-state index in [0.29, 0.717) is 32.2 Å². The number of aromatic nitrogens is 3. The smallest absolute Gasteiger partial charge is 0.262 e. The Labute approximate surface area is 158 Å². The van der Waals surface area contributed by atoms with Crippen molar-refractivity contribution in [3.05, 3.63) is 64.1 Å². The first-order valence-corrected chi connectivity index (χ1v) is 8.18. The maximum Gasteiger partial charge on any atom is 0.262 e. The monoisotopic (exact) mass is 396 g/mol. The van der Waals surface area contributed by atoms with Crippen LogP contribution in [0.25, 0.3) is 5.69 Å². The molecule has 3 aromatic rings. The second-order valence-electron chi connectivity index (χ2n) is 4.91. The van der Waals surface area contributed by atoms with Crippen LogP contribution in [-0.4, -0.2) is 27.3 Å². The van der Waals surface area contributed by atoms with Gasteiger partial charge in [0.25, 0.3) is 5.91 Å². The van der Waals surface area contributed by atoms with Gasteiger partial charge in [-0.05, 0) is 36.4 Å². The molecule has 1 heterocycles. The fraction of sp³-hybridized carbons (Fsp3) is 0.0625. The van der Waals surface area contributed by atoms with Gasteiger partial charge in [-0.15, -0.1) is 0 Å². The van der Waals surface area contributed by atoms with Gasteiger partial charge in [0, 0.05) is 10.0 Å². The Hall–Kier alpha value is -2.28. The van der Waals surface area contributed by atoms with E-state index in [9.17, 15) is 4.79 Å². The largest absolute Gasteiger partial charge is 0.482 e. The highest BCUT2D eigenvalue weighted by Crippen LogP contribution is 2.28. The molecular weight excluding hydrogens is 387 g/mol. The predicted molar refractivity (Wildman–Crippen MR) is 97.0 cm³/mol. The van der Waals surface area contributed by atoms with Crippen molar-refractivity contribution in [1.82, 2.24) is 14.8 Å². The molecule has 0 saturated heterocycles. The minimum Gasteiger partial charge on any atom is -0.482 e. The molecule has 1 N–H and O–H groups in total. The van der Waals surface area contributed by atoms with Crippen LogP contribution in [0.15, 0.2) is 49.1 Å². The lowest BCUT2D eigenvalue weighted by Crippen LogP contribution is -2.21. The van der Waals surface area contributed by atoms with Crippen LogP contribution >= 0.6 is 34.8 Å². The third kappa shape index (κ3) is 4.42. The van der Waals surface area contributed by atoms with Gasteiger partial charge in [-0.25, -0.2) is 9.67 Å². The predicted octanol–water partition coefficient (Wildman–Crippen LogP) is 4.25. The van der Waals surface area contributed by atoms with Crippen molar-refractivity contribution in [2.45, 2.75) is 0 Å². The van der Waals surface area contributed by atoms with Gasteiger partial charge in [0.05, 0.1) is 16.4 Å². The maximum atomic E-state index is 12.2. The minimum absolute atomic E-state index is 0.231. The van der Waals surface area contributed by atoms with E-state index >= 15 is 0 Å². The maximum absolute atomic E-state index is 12.2. The van der Waals surface area contributed by atoms with Crippen molar-refractivity contribution in [2.75, 3.05) is 11.9 Å². The van der Waals surface area contributed by atoms with E-state index in [1.165, 1.54) is 23.4 Å². The van der Waals surface area contributed by atoms with Crippen LogP contribution in [0.1, 0.15) is 0 Å². The first-order valence-electron chi connectivity index (χ1n) is 7.05. The summed E-state index contributed by atoms with van der Waals surface area (Å²) in [5, 5.41) is 8.06. The second-order valence-corrected chi connectivity index (χ2v) is 6.19. The van der Waals surface area contributed by atoms with Crippen LogP contribution in [0, 0.1) is 0 Å². The molecule has 3 rings (SSSR count). The number of halogens is 3. The average Bonchev–Trinajstić information content (AvgIpc) is 3.08. The topological polar surface area (TPSA) is 69.0 Å². The lowest BCUT2D eigenvalue weighted by Gasteiger charge is -2.12. The molecule has 9 heteroatoms. The van der Waals surface area contributed by atoms with Gasteiger partial charge >= 0.3 is 0 Å². The highest BCUT2D eigenvalue weighted by Gasteiger charge is 2.12. The lowest BCUT2D eigenvalue weighted by molar-refractivity contribution is -0.118. The molecule has 1 amide bonds. The summed E-state index contributed by atoms with van der Waals surface area (Å²) < 4.78 is 6.93. The Balaban J connectivity index is 1.72. The number of hydrogen-bond donors (Lipinski definition) is 1.